The van der Waals surface area contributed by atoms with Crippen LogP contribution in [-0.4, -0.2) is 59.6 Å². The molecule has 0 aromatic heterocycles. The molecule has 1 saturated carbocycles. The van der Waals surface area contributed by atoms with E-state index in [4.69, 9.17) is 12.2 Å². The van der Waals surface area contributed by atoms with E-state index in [-0.39, 0.29) is 43.0 Å². The second kappa shape index (κ2) is 11.7. The van der Waals surface area contributed by atoms with Crippen LogP contribution in [0.1, 0.15) is 43.2 Å². The van der Waals surface area contributed by atoms with Gasteiger partial charge in [0.25, 0.3) is 5.91 Å². The zero-order valence-electron chi connectivity index (χ0n) is 21.2. The van der Waals surface area contributed by atoms with Gasteiger partial charge < -0.3 is 21.3 Å². The maximum absolute atomic E-state index is 13.7. The average Bonchev–Trinajstić information content (AvgIpc) is 3.62. The first-order valence-electron chi connectivity index (χ1n) is 13.1. The number of benzene rings is 1. The molecule has 3 aliphatic rings. The van der Waals surface area contributed by atoms with Crippen LogP contribution in [0.25, 0.3) is 0 Å². The van der Waals surface area contributed by atoms with E-state index in [2.05, 4.69) is 35.3 Å². The minimum absolute atomic E-state index is 0.00917. The van der Waals surface area contributed by atoms with Gasteiger partial charge in [-0.05, 0) is 61.0 Å². The average molecular weight is 505 g/mol. The molecule has 1 aromatic carbocycles. The summed E-state index contributed by atoms with van der Waals surface area (Å²) in [6, 6.07) is 5.63. The van der Waals surface area contributed by atoms with E-state index in [1.165, 1.54) is 17.2 Å². The summed E-state index contributed by atoms with van der Waals surface area (Å²) >= 11 is 0. The second-order valence-corrected chi connectivity index (χ2v) is 10.4. The van der Waals surface area contributed by atoms with Crippen LogP contribution in [0.5, 0.6) is 0 Å². The summed E-state index contributed by atoms with van der Waals surface area (Å²) in [6.07, 6.45) is 11.5. The third-order valence-electron chi connectivity index (χ3n) is 8.16. The summed E-state index contributed by atoms with van der Waals surface area (Å²) in [6.45, 7) is 4.15. The lowest BCUT2D eigenvalue weighted by Gasteiger charge is -2.32. The van der Waals surface area contributed by atoms with Crippen molar-refractivity contribution in [2.24, 2.45) is 23.5 Å². The van der Waals surface area contributed by atoms with Gasteiger partial charge >= 0.3 is 0 Å². The Labute approximate surface area is 218 Å². The minimum Gasteiger partial charge on any atom is -0.346 e. The predicted octanol–water partition coefficient (Wildman–Crippen LogP) is 1.13. The zero-order chi connectivity index (χ0) is 26.5. The molecule has 0 spiro atoms. The fraction of sp³-hybridized carbons (Fsp3) is 0.517. The number of amides is 3. The smallest absolute Gasteiger partial charge is 0.289 e. The third kappa shape index (κ3) is 5.62. The number of fused-ring (bicyclic) bond motifs is 2. The van der Waals surface area contributed by atoms with Crippen molar-refractivity contribution in [1.29, 1.82) is 0 Å². The number of nitrogens with one attached hydrogen (secondary N) is 2. The van der Waals surface area contributed by atoms with Crippen molar-refractivity contribution in [1.82, 2.24) is 15.5 Å². The highest BCUT2D eigenvalue weighted by Gasteiger charge is 2.51. The Bertz CT molecular complexity index is 1080. The molecule has 8 heteroatoms. The van der Waals surface area contributed by atoms with Gasteiger partial charge in [0, 0.05) is 19.5 Å². The fourth-order valence-corrected chi connectivity index (χ4v) is 6.27. The number of hydrogen-bond donors (Lipinski definition) is 3. The summed E-state index contributed by atoms with van der Waals surface area (Å²) in [7, 11) is 0. The number of carbonyl (C=O) groups is 4. The van der Waals surface area contributed by atoms with Crippen molar-refractivity contribution in [2.45, 2.75) is 63.1 Å². The van der Waals surface area contributed by atoms with E-state index in [0.717, 1.165) is 32.1 Å². The molecule has 5 atom stereocenters. The minimum atomic E-state index is -1.07. The Morgan fingerprint density at radius 3 is 2.54 bits per heavy atom. The van der Waals surface area contributed by atoms with Gasteiger partial charge in [-0.2, -0.15) is 0 Å². The monoisotopic (exact) mass is 504 g/mol. The lowest BCUT2D eigenvalue weighted by Crippen LogP contribution is -2.57. The summed E-state index contributed by atoms with van der Waals surface area (Å²) in [5.74, 6) is 0.475. The lowest BCUT2D eigenvalue weighted by molar-refractivity contribution is -0.143. The lowest BCUT2D eigenvalue weighted by atomic mass is 9.92. The molecule has 2 fully saturated rings. The molecule has 0 bridgehead atoms. The van der Waals surface area contributed by atoms with Crippen molar-refractivity contribution in [3.8, 4) is 12.3 Å². The molecule has 3 amide bonds. The van der Waals surface area contributed by atoms with Crippen LogP contribution in [0.2, 0.25) is 0 Å². The number of nitrogens with zero attached hydrogens (tertiary/aromatic N) is 1. The first kappa shape index (κ1) is 26.6. The molecule has 4 N–H and O–H groups in total. The molecular formula is C29H36N4O4. The number of nitrogens with two attached hydrogens (primary N) is 1. The largest absolute Gasteiger partial charge is 0.346 e. The van der Waals surface area contributed by atoms with E-state index < -0.39 is 35.7 Å². The van der Waals surface area contributed by atoms with Crippen molar-refractivity contribution >= 4 is 23.5 Å². The Morgan fingerprint density at radius 2 is 1.89 bits per heavy atom. The van der Waals surface area contributed by atoms with Crippen LogP contribution in [0.3, 0.4) is 0 Å². The number of hydrogen-bond acceptors (Lipinski definition) is 5. The van der Waals surface area contributed by atoms with Crippen molar-refractivity contribution in [3.05, 3.63) is 48.0 Å². The molecule has 196 valence electrons. The van der Waals surface area contributed by atoms with Gasteiger partial charge in [-0.3, -0.25) is 19.2 Å². The van der Waals surface area contributed by atoms with Gasteiger partial charge in [-0.25, -0.2) is 0 Å². The quantitative estimate of drug-likeness (QED) is 0.251. The summed E-state index contributed by atoms with van der Waals surface area (Å²) in [5, 5.41) is 5.22. The topological polar surface area (TPSA) is 122 Å². The number of rotatable bonds is 10. The number of terminal acetylenes is 1. The highest BCUT2D eigenvalue weighted by Crippen LogP contribution is 2.43. The maximum atomic E-state index is 13.7. The number of ketones is 1. The Morgan fingerprint density at radius 1 is 1.19 bits per heavy atom. The summed E-state index contributed by atoms with van der Waals surface area (Å²) in [5.41, 5.74) is 8.97. The van der Waals surface area contributed by atoms with Crippen LogP contribution < -0.4 is 16.4 Å². The summed E-state index contributed by atoms with van der Waals surface area (Å²) < 4.78 is 0. The van der Waals surface area contributed by atoms with E-state index in [9.17, 15) is 19.2 Å². The highest BCUT2D eigenvalue weighted by molar-refractivity contribution is 6.38. The first-order valence-corrected chi connectivity index (χ1v) is 13.1. The molecule has 8 nitrogen and oxygen atoms in total. The van der Waals surface area contributed by atoms with Crippen molar-refractivity contribution in [3.63, 3.8) is 0 Å². The maximum Gasteiger partial charge on any atom is 0.289 e. The molecule has 37 heavy (non-hydrogen) atoms. The fourth-order valence-electron chi connectivity index (χ4n) is 6.27. The Hall–Kier alpha value is -3.44. The molecule has 1 saturated heterocycles. The Kier molecular flexibility index (Phi) is 8.45. The van der Waals surface area contributed by atoms with Crippen molar-refractivity contribution in [2.75, 3.05) is 13.1 Å². The molecular weight excluding hydrogens is 468 g/mol. The molecule has 1 heterocycles. The SMILES string of the molecule is C#CCCC(NC(=O)[C@@H]1[C@H]2CCC[C@H]2CN1C(=O)[C@@H](N)C1Cc2ccccc2C1)C(=O)C(=O)NCC=C. The van der Waals surface area contributed by atoms with Crippen LogP contribution in [0, 0.1) is 30.1 Å². The standard InChI is InChI=1S/C29H36N4O4/c1-3-5-13-23(26(34)28(36)31-14-4-2)32-27(35)25-22-12-8-11-20(22)17-33(25)29(37)24(30)21-15-18-9-6-7-10-19(18)16-21/h1,4,6-7,9-10,20-25H,2,5,8,11-17,30H2,(H,31,36)(H,32,35)/t20-,22-,23?,24-,25-/m0/s1. The van der Waals surface area contributed by atoms with Crippen LogP contribution in [0.15, 0.2) is 36.9 Å². The number of Topliss-reactive ketones (excluding diaryl/α,β-unsaturated/α-hetero) is 1. The third-order valence-corrected chi connectivity index (χ3v) is 8.16. The zero-order valence-corrected chi connectivity index (χ0v) is 21.2. The molecule has 1 aliphatic heterocycles. The van der Waals surface area contributed by atoms with Crippen LogP contribution in [0.4, 0.5) is 0 Å². The van der Waals surface area contributed by atoms with Gasteiger partial charge in [-0.1, -0.05) is 36.8 Å². The van der Waals surface area contributed by atoms with Crippen molar-refractivity contribution < 1.29 is 19.2 Å². The molecule has 1 aromatic rings. The second-order valence-electron chi connectivity index (χ2n) is 10.4. The molecule has 4 rings (SSSR count). The predicted molar refractivity (Wildman–Crippen MR) is 140 cm³/mol. The van der Waals surface area contributed by atoms with E-state index in [0.29, 0.717) is 6.54 Å². The van der Waals surface area contributed by atoms with E-state index >= 15 is 0 Å². The molecule has 2 aliphatic carbocycles. The van der Waals surface area contributed by atoms with Gasteiger partial charge in [0.05, 0.1) is 12.1 Å². The van der Waals surface area contributed by atoms with E-state index in [1.54, 1.807) is 4.90 Å². The van der Waals surface area contributed by atoms with Gasteiger partial charge in [0.2, 0.25) is 17.6 Å². The van der Waals surface area contributed by atoms with Gasteiger partial charge in [-0.15, -0.1) is 18.9 Å². The first-order chi connectivity index (χ1) is 17.8. The molecule has 0 radical (unpaired) electrons. The van der Waals surface area contributed by atoms with Gasteiger partial charge in [0.1, 0.15) is 6.04 Å². The van der Waals surface area contributed by atoms with Crippen LogP contribution in [-0.2, 0) is 32.0 Å². The number of likely N-dealkylation sites (tertiary alicyclic amines) is 1. The molecule has 1 unspecified atom stereocenters. The summed E-state index contributed by atoms with van der Waals surface area (Å²) in [4.78, 5) is 54.1. The van der Waals surface area contributed by atoms with Gasteiger partial charge in [0.15, 0.2) is 0 Å². The Balaban J connectivity index is 1.49. The van der Waals surface area contributed by atoms with E-state index in [1.807, 2.05) is 12.1 Å². The highest BCUT2D eigenvalue weighted by atomic mass is 16.2. The van der Waals surface area contributed by atoms with Crippen LogP contribution >= 0.6 is 0 Å². The normalized spacial score (nSPS) is 23.9. The number of carbonyl (C=O) groups excluding carboxylic acids is 4.